The van der Waals surface area contributed by atoms with E-state index in [1.54, 1.807) is 4.81 Å². The van der Waals surface area contributed by atoms with Crippen LogP contribution in [-0.4, -0.2) is 12.7 Å². The Morgan fingerprint density at radius 1 is 1.18 bits per heavy atom. The van der Waals surface area contributed by atoms with Crippen LogP contribution in [0.1, 0.15) is 0 Å². The summed E-state index contributed by atoms with van der Waals surface area (Å²) < 4.78 is 0. The molecule has 0 saturated carbocycles. The Morgan fingerprint density at radius 2 is 1.73 bits per heavy atom. The standard InChI is InChI=1S/C7H8BCl2N/c1-11(8(9)10)7-5-3-2-4-6-7/h2-6H,1H3. The molecule has 58 valence electrons. The van der Waals surface area contributed by atoms with Gasteiger partial charge in [0.15, 0.2) is 0 Å². The van der Waals surface area contributed by atoms with E-state index in [-0.39, 0.29) is 0 Å². The molecule has 0 radical (unpaired) electrons. The quantitative estimate of drug-likeness (QED) is 0.644. The Balaban J connectivity index is 2.77. The fourth-order valence-electron chi connectivity index (χ4n) is 0.776. The van der Waals surface area contributed by atoms with Gasteiger partial charge in [0, 0.05) is 5.69 Å². The van der Waals surface area contributed by atoms with Crippen LogP contribution in [0.2, 0.25) is 0 Å². The van der Waals surface area contributed by atoms with Gasteiger partial charge >= 0.3 is 5.68 Å². The molecule has 0 unspecified atom stereocenters. The maximum absolute atomic E-state index is 5.65. The molecule has 0 amide bonds. The number of rotatable bonds is 2. The Kier molecular flexibility index (Phi) is 3.09. The lowest BCUT2D eigenvalue weighted by molar-refractivity contribution is 1.33. The number of anilines is 1. The molecule has 0 fully saturated rings. The van der Waals surface area contributed by atoms with Gasteiger partial charge in [0.25, 0.3) is 0 Å². The number of benzene rings is 1. The van der Waals surface area contributed by atoms with Gasteiger partial charge in [-0.3, -0.25) is 0 Å². The zero-order valence-electron chi connectivity index (χ0n) is 6.17. The normalized spacial score (nSPS) is 9.36. The number of nitrogens with zero attached hydrogens (tertiary/aromatic N) is 1. The average Bonchev–Trinajstić information content (AvgIpc) is 2.05. The lowest BCUT2D eigenvalue weighted by atomic mass is 10.2. The predicted molar refractivity (Wildman–Crippen MR) is 52.3 cm³/mol. The first-order chi connectivity index (χ1) is 5.22. The molecule has 4 heteroatoms. The summed E-state index contributed by atoms with van der Waals surface area (Å²) >= 11 is 11.3. The third-order valence-electron chi connectivity index (χ3n) is 1.46. The Bertz CT molecular complexity index is 215. The van der Waals surface area contributed by atoms with Crippen molar-refractivity contribution < 1.29 is 0 Å². The van der Waals surface area contributed by atoms with Crippen LogP contribution in [-0.2, 0) is 0 Å². The highest BCUT2D eigenvalue weighted by atomic mass is 35.5. The number of para-hydroxylation sites is 1. The molecule has 0 heterocycles. The maximum Gasteiger partial charge on any atom is 0.467 e. The van der Waals surface area contributed by atoms with Gasteiger partial charge in [0.05, 0.1) is 0 Å². The summed E-state index contributed by atoms with van der Waals surface area (Å²) in [5, 5.41) is 0. The molecule has 0 N–H and O–H groups in total. The van der Waals surface area contributed by atoms with Crippen LogP contribution in [0, 0.1) is 0 Å². The van der Waals surface area contributed by atoms with Crippen LogP contribution in [0.4, 0.5) is 5.69 Å². The summed E-state index contributed by atoms with van der Waals surface area (Å²) in [6.45, 7) is 0. The van der Waals surface area contributed by atoms with Crippen LogP contribution in [0.25, 0.3) is 0 Å². The second-order valence-corrected chi connectivity index (χ2v) is 3.27. The zero-order valence-corrected chi connectivity index (χ0v) is 7.68. The van der Waals surface area contributed by atoms with Crippen molar-refractivity contribution in [2.24, 2.45) is 0 Å². The molecule has 11 heavy (non-hydrogen) atoms. The van der Waals surface area contributed by atoms with Crippen molar-refractivity contribution >= 4 is 34.3 Å². The summed E-state index contributed by atoms with van der Waals surface area (Å²) in [5.74, 6) is 0. The number of hydrogen-bond donors (Lipinski definition) is 0. The minimum atomic E-state index is -0.489. The molecule has 1 aromatic carbocycles. The van der Waals surface area contributed by atoms with Gasteiger partial charge in [-0.15, -0.1) is 22.9 Å². The fourth-order valence-corrected chi connectivity index (χ4v) is 1.00. The zero-order chi connectivity index (χ0) is 8.27. The molecule has 1 nitrogen and oxygen atoms in total. The van der Waals surface area contributed by atoms with Gasteiger partial charge in [-0.2, -0.15) is 0 Å². The predicted octanol–water partition coefficient (Wildman–Crippen LogP) is 2.59. The molecule has 0 saturated heterocycles. The lowest BCUT2D eigenvalue weighted by Gasteiger charge is -2.17. The van der Waals surface area contributed by atoms with Gasteiger partial charge in [-0.1, -0.05) is 18.2 Å². The van der Waals surface area contributed by atoms with Crippen molar-refractivity contribution in [2.75, 3.05) is 11.9 Å². The van der Waals surface area contributed by atoms with Crippen LogP contribution in [0.3, 0.4) is 0 Å². The molecule has 0 aromatic heterocycles. The van der Waals surface area contributed by atoms with Gasteiger partial charge in [-0.25, -0.2) is 0 Å². The van der Waals surface area contributed by atoms with E-state index < -0.39 is 5.68 Å². The lowest BCUT2D eigenvalue weighted by Crippen LogP contribution is -2.25. The van der Waals surface area contributed by atoms with Crippen molar-refractivity contribution in [1.82, 2.24) is 0 Å². The second-order valence-electron chi connectivity index (χ2n) is 2.22. The third-order valence-corrected chi connectivity index (χ3v) is 2.04. The molecular weight excluding hydrogens is 180 g/mol. The molecule has 1 aromatic rings. The van der Waals surface area contributed by atoms with E-state index in [0.717, 1.165) is 5.69 Å². The summed E-state index contributed by atoms with van der Waals surface area (Å²) in [6, 6.07) is 9.76. The molecule has 0 spiro atoms. The highest BCUT2D eigenvalue weighted by Crippen LogP contribution is 2.15. The molecule has 1 rings (SSSR count). The van der Waals surface area contributed by atoms with E-state index in [4.69, 9.17) is 22.9 Å². The van der Waals surface area contributed by atoms with Crippen LogP contribution < -0.4 is 4.81 Å². The smallest absolute Gasteiger partial charge is 0.391 e. The van der Waals surface area contributed by atoms with E-state index in [1.807, 2.05) is 37.4 Å². The summed E-state index contributed by atoms with van der Waals surface area (Å²) in [7, 11) is 1.85. The monoisotopic (exact) mass is 187 g/mol. The van der Waals surface area contributed by atoms with Crippen molar-refractivity contribution in [2.45, 2.75) is 0 Å². The van der Waals surface area contributed by atoms with Crippen LogP contribution in [0.5, 0.6) is 0 Å². The molecule has 0 atom stereocenters. The second kappa shape index (κ2) is 3.89. The van der Waals surface area contributed by atoms with E-state index >= 15 is 0 Å². The maximum atomic E-state index is 5.65. The van der Waals surface area contributed by atoms with Crippen LogP contribution in [0.15, 0.2) is 30.3 Å². The minimum Gasteiger partial charge on any atom is -0.391 e. The van der Waals surface area contributed by atoms with Crippen molar-refractivity contribution in [3.05, 3.63) is 30.3 Å². The first-order valence-corrected chi connectivity index (χ1v) is 4.15. The van der Waals surface area contributed by atoms with E-state index in [2.05, 4.69) is 0 Å². The third kappa shape index (κ3) is 2.31. The van der Waals surface area contributed by atoms with E-state index in [0.29, 0.717) is 0 Å². The average molecular weight is 188 g/mol. The Labute approximate surface area is 76.8 Å². The van der Waals surface area contributed by atoms with Gasteiger partial charge < -0.3 is 4.81 Å². The number of halogens is 2. The van der Waals surface area contributed by atoms with Crippen LogP contribution >= 0.6 is 22.9 Å². The largest absolute Gasteiger partial charge is 0.467 e. The molecule has 0 aliphatic rings. The molecule has 0 aliphatic carbocycles. The van der Waals surface area contributed by atoms with Crippen molar-refractivity contribution in [3.63, 3.8) is 0 Å². The Hall–Kier alpha value is -0.335. The van der Waals surface area contributed by atoms with Crippen molar-refractivity contribution in [3.8, 4) is 0 Å². The summed E-state index contributed by atoms with van der Waals surface area (Å²) in [6.07, 6.45) is 0. The van der Waals surface area contributed by atoms with Crippen molar-refractivity contribution in [1.29, 1.82) is 0 Å². The molecule has 0 aliphatic heterocycles. The van der Waals surface area contributed by atoms with Gasteiger partial charge in [-0.05, 0) is 19.2 Å². The Morgan fingerprint density at radius 3 is 2.18 bits per heavy atom. The first kappa shape index (κ1) is 8.76. The highest BCUT2D eigenvalue weighted by Gasteiger charge is 2.13. The topological polar surface area (TPSA) is 3.24 Å². The SMILES string of the molecule is CN(B(Cl)Cl)c1ccccc1. The van der Waals surface area contributed by atoms with E-state index in [9.17, 15) is 0 Å². The fraction of sp³-hybridized carbons (Fsp3) is 0.143. The molecular formula is C7H8BCl2N. The highest BCUT2D eigenvalue weighted by molar-refractivity contribution is 7.35. The first-order valence-electron chi connectivity index (χ1n) is 3.28. The van der Waals surface area contributed by atoms with Gasteiger partial charge in [0.2, 0.25) is 0 Å². The van der Waals surface area contributed by atoms with Gasteiger partial charge in [0.1, 0.15) is 0 Å². The molecule has 0 bridgehead atoms. The summed E-state index contributed by atoms with van der Waals surface area (Å²) in [5.41, 5.74) is 0.528. The minimum absolute atomic E-state index is 0.489. The van der Waals surface area contributed by atoms with E-state index in [1.165, 1.54) is 0 Å². The number of hydrogen-bond acceptors (Lipinski definition) is 1. The summed E-state index contributed by atoms with van der Waals surface area (Å²) in [4.78, 5) is 1.78.